The van der Waals surface area contributed by atoms with Crippen molar-refractivity contribution in [1.82, 2.24) is 0 Å². The van der Waals surface area contributed by atoms with E-state index in [2.05, 4.69) is 245 Å². The highest BCUT2D eigenvalue weighted by molar-refractivity contribution is 5.71. The molecule has 0 aliphatic rings. The molecule has 576 valence electrons. The van der Waals surface area contributed by atoms with E-state index < -0.39 is 24.3 Å². The van der Waals surface area contributed by atoms with Gasteiger partial charge in [0, 0.05) is 12.8 Å². The first kappa shape index (κ1) is 96.4. The molecule has 0 amide bonds. The highest BCUT2D eigenvalue weighted by Crippen LogP contribution is 2.16. The number of allylic oxidation sites excluding steroid dienone is 38. The quantitative estimate of drug-likeness (QED) is 0.0211. The molecule has 2 atom stereocenters. The lowest BCUT2D eigenvalue weighted by molar-refractivity contribution is -0.870. The number of likely N-dealkylation sites (N-methyl/N-ethyl adjacent to an activating group) is 1. The molecule has 0 fully saturated rings. The predicted molar refractivity (Wildman–Crippen MR) is 446 cm³/mol. The monoisotopic (exact) mass is 1420 g/mol. The Morgan fingerprint density at radius 3 is 0.796 bits per heavy atom. The lowest BCUT2D eigenvalue weighted by atomic mass is 10.0. The first-order valence-electron chi connectivity index (χ1n) is 40.5. The summed E-state index contributed by atoms with van der Waals surface area (Å²) in [7, 11) is 5.95. The van der Waals surface area contributed by atoms with Crippen molar-refractivity contribution >= 4 is 17.9 Å². The maximum atomic E-state index is 13.0. The third-order valence-electron chi connectivity index (χ3n) is 16.4. The van der Waals surface area contributed by atoms with Gasteiger partial charge in [-0.15, -0.1) is 0 Å². The fourth-order valence-corrected chi connectivity index (χ4v) is 10.3. The Kier molecular flexibility index (Phi) is 75.8. The van der Waals surface area contributed by atoms with Gasteiger partial charge in [-0.2, -0.15) is 0 Å². The number of unbranched alkanes of at least 4 members (excludes halogenated alkanes) is 19. The van der Waals surface area contributed by atoms with Crippen LogP contribution in [0.2, 0.25) is 0 Å². The summed E-state index contributed by atoms with van der Waals surface area (Å²) in [5.74, 6) is -2.08. The minimum absolute atomic E-state index is 0.168. The molecule has 0 rings (SSSR count). The summed E-state index contributed by atoms with van der Waals surface area (Å²) in [4.78, 5) is 37.7. The Hall–Kier alpha value is -6.65. The van der Waals surface area contributed by atoms with Gasteiger partial charge >= 0.3 is 17.9 Å². The van der Waals surface area contributed by atoms with Gasteiger partial charge in [-0.3, -0.25) is 9.59 Å². The van der Waals surface area contributed by atoms with Crippen LogP contribution in [0.3, 0.4) is 0 Å². The molecule has 0 heterocycles. The van der Waals surface area contributed by atoms with Crippen LogP contribution in [-0.2, 0) is 33.3 Å². The van der Waals surface area contributed by atoms with Crippen molar-refractivity contribution in [1.29, 1.82) is 0 Å². The van der Waals surface area contributed by atoms with Crippen LogP contribution in [0.5, 0.6) is 0 Å². The molecule has 2 unspecified atom stereocenters. The van der Waals surface area contributed by atoms with Crippen molar-refractivity contribution in [3.05, 3.63) is 231 Å². The second-order valence-electron chi connectivity index (χ2n) is 27.3. The number of hydrogen-bond acceptors (Lipinski definition) is 7. The average Bonchev–Trinajstić information content (AvgIpc) is 0.985. The van der Waals surface area contributed by atoms with Gasteiger partial charge in [0.05, 0.1) is 34.4 Å². The Labute approximate surface area is 631 Å². The average molecular weight is 1420 g/mol. The Balaban J connectivity index is 4.18. The zero-order chi connectivity index (χ0) is 74.6. The molecule has 0 saturated heterocycles. The van der Waals surface area contributed by atoms with Gasteiger partial charge in [-0.1, -0.05) is 341 Å². The number of carbonyl (C=O) groups is 3. The second-order valence-corrected chi connectivity index (χ2v) is 27.3. The van der Waals surface area contributed by atoms with E-state index in [0.29, 0.717) is 17.4 Å². The lowest BCUT2D eigenvalue weighted by Crippen LogP contribution is -2.40. The SMILES string of the molecule is CC/C=C\C/C=C\C/C=C\C/C=C\C/C=C\C/C=C\C/C=C\C/C=C\C/C=C\C/C=C\C/C=C\C/C=C\CCCCC(=O)OC(COC(=O)CCCCCCCCCCCCCCCCCCC/C=C\C/C=C\C/C=C\C/C=C\C/C=C\C/C=C\C/C=C\CC)COC(OCC[N+](C)(C)C)C(=O)O. The Morgan fingerprint density at radius 2 is 0.524 bits per heavy atom. The minimum Gasteiger partial charge on any atom is -0.477 e. The molecule has 0 aliphatic heterocycles. The van der Waals surface area contributed by atoms with Gasteiger partial charge in [0.15, 0.2) is 6.10 Å². The normalized spacial score (nSPS) is 13.9. The van der Waals surface area contributed by atoms with E-state index in [1.54, 1.807) is 0 Å². The van der Waals surface area contributed by atoms with Crippen LogP contribution in [-0.4, -0.2) is 87.4 Å². The van der Waals surface area contributed by atoms with Gasteiger partial charge in [-0.05, 0) is 161 Å². The van der Waals surface area contributed by atoms with E-state index in [4.69, 9.17) is 18.9 Å². The van der Waals surface area contributed by atoms with Crippen LogP contribution in [0.4, 0.5) is 0 Å². The Bertz CT molecular complexity index is 2560. The van der Waals surface area contributed by atoms with Gasteiger partial charge in [-0.25, -0.2) is 4.79 Å². The fourth-order valence-electron chi connectivity index (χ4n) is 10.3. The highest BCUT2D eigenvalue weighted by atomic mass is 16.7. The van der Waals surface area contributed by atoms with Crippen molar-refractivity contribution < 1.29 is 42.9 Å². The first-order chi connectivity index (χ1) is 50.6. The maximum absolute atomic E-state index is 13.0. The Morgan fingerprint density at radius 1 is 0.291 bits per heavy atom. The molecule has 0 aromatic heterocycles. The third-order valence-corrected chi connectivity index (χ3v) is 16.4. The number of aliphatic carboxylic acids is 1. The maximum Gasteiger partial charge on any atom is 0.361 e. The van der Waals surface area contributed by atoms with Gasteiger partial charge in [0.1, 0.15) is 13.2 Å². The zero-order valence-electron chi connectivity index (χ0n) is 65.9. The number of ether oxygens (including phenoxy) is 4. The largest absolute Gasteiger partial charge is 0.477 e. The molecule has 0 aromatic carbocycles. The number of hydrogen-bond donors (Lipinski definition) is 1. The molecular formula is C94H148NO8+. The number of nitrogens with zero attached hydrogens (tertiary/aromatic N) is 1. The van der Waals surface area contributed by atoms with Crippen molar-refractivity contribution in [2.45, 2.75) is 296 Å². The van der Waals surface area contributed by atoms with Gasteiger partial charge in [0.25, 0.3) is 6.29 Å². The first-order valence-corrected chi connectivity index (χ1v) is 40.5. The molecule has 0 bridgehead atoms. The molecule has 103 heavy (non-hydrogen) atoms. The van der Waals surface area contributed by atoms with Crippen LogP contribution < -0.4 is 0 Å². The molecule has 0 radical (unpaired) electrons. The molecule has 0 aromatic rings. The summed E-state index contributed by atoms with van der Waals surface area (Å²) in [6.45, 7) is 4.58. The van der Waals surface area contributed by atoms with E-state index >= 15 is 0 Å². The third kappa shape index (κ3) is 82.5. The van der Waals surface area contributed by atoms with Gasteiger partial charge in [0.2, 0.25) is 0 Å². The van der Waals surface area contributed by atoms with Crippen LogP contribution in [0.15, 0.2) is 231 Å². The summed E-state index contributed by atoms with van der Waals surface area (Å²) in [5, 5.41) is 9.77. The number of quaternary nitrogens is 1. The zero-order valence-corrected chi connectivity index (χ0v) is 65.9. The topological polar surface area (TPSA) is 108 Å². The smallest absolute Gasteiger partial charge is 0.361 e. The molecule has 9 nitrogen and oxygen atoms in total. The van der Waals surface area contributed by atoms with Crippen molar-refractivity contribution in [2.75, 3.05) is 47.5 Å². The molecule has 0 spiro atoms. The second kappa shape index (κ2) is 81.0. The van der Waals surface area contributed by atoms with E-state index in [9.17, 15) is 19.5 Å². The van der Waals surface area contributed by atoms with Crippen LogP contribution in [0.25, 0.3) is 0 Å². The van der Waals surface area contributed by atoms with Crippen LogP contribution in [0.1, 0.15) is 284 Å². The minimum atomic E-state index is -1.54. The highest BCUT2D eigenvalue weighted by Gasteiger charge is 2.25. The number of esters is 2. The standard InChI is InChI=1S/C94H147NO8/c1-6-8-10-12-14-16-18-20-22-24-26-28-30-32-34-36-38-40-42-44-46-48-50-52-54-56-58-60-62-64-66-68-70-72-74-76-78-80-82-84-91(96)101-88-90(89-102-94(93(98)99)100-87-86-95(3,4)5)103-92(97)85-83-81-79-77-75-73-71-69-67-65-63-61-59-57-55-53-51-49-47-45-43-41-39-37-35-33-31-29-27-25-23-21-19-17-15-13-11-9-7-2/h8-11,14-17,20-23,26-29,32-35,38-41,44-47,51,53,57,59,63,65,69,71,75,77,90,94H,6-7,12-13,18-19,24-25,30-31,36-37,42-43,48-50,52,54-56,58,60-62,64,66-68,70,72-74,76,78-89H2,1-5H3/p+1/b10-8-,11-9-,16-14-,17-15-,22-20-,23-21-,28-26-,29-27-,34-32-,35-33-,40-38-,41-39-,46-44-,47-45-,53-51-,59-57-,65-63-,71-69-,77-75-. The van der Waals surface area contributed by atoms with E-state index in [-0.39, 0.29) is 38.6 Å². The number of carbonyl (C=O) groups excluding carboxylic acids is 2. The van der Waals surface area contributed by atoms with Crippen LogP contribution >= 0.6 is 0 Å². The summed E-state index contributed by atoms with van der Waals surface area (Å²) in [6.07, 6.45) is 126. The molecular weight excluding hydrogens is 1270 g/mol. The summed E-state index contributed by atoms with van der Waals surface area (Å²) in [5.41, 5.74) is 0. The van der Waals surface area contributed by atoms with Crippen molar-refractivity contribution in [3.8, 4) is 0 Å². The number of carboxylic acid groups (broad SMARTS) is 1. The molecule has 0 saturated carbocycles. The van der Waals surface area contributed by atoms with E-state index in [1.165, 1.54) is 96.3 Å². The summed E-state index contributed by atoms with van der Waals surface area (Å²) >= 11 is 0. The molecule has 9 heteroatoms. The summed E-state index contributed by atoms with van der Waals surface area (Å²) in [6, 6.07) is 0. The van der Waals surface area contributed by atoms with Gasteiger partial charge < -0.3 is 28.5 Å². The summed E-state index contributed by atoms with van der Waals surface area (Å²) < 4.78 is 23.0. The fraction of sp³-hybridized carbons (Fsp3) is 0.564. The van der Waals surface area contributed by atoms with E-state index in [0.717, 1.165) is 154 Å². The molecule has 0 aliphatic carbocycles. The van der Waals surface area contributed by atoms with E-state index in [1.807, 2.05) is 21.1 Å². The lowest BCUT2D eigenvalue weighted by Gasteiger charge is -2.25. The molecule has 1 N–H and O–H groups in total. The van der Waals surface area contributed by atoms with Crippen LogP contribution in [0, 0.1) is 0 Å². The van der Waals surface area contributed by atoms with Crippen molar-refractivity contribution in [2.24, 2.45) is 0 Å². The predicted octanol–water partition coefficient (Wildman–Crippen LogP) is 26.6. The number of rotatable bonds is 72. The number of carboxylic acids is 1. The van der Waals surface area contributed by atoms with Crippen molar-refractivity contribution in [3.63, 3.8) is 0 Å².